The summed E-state index contributed by atoms with van der Waals surface area (Å²) in [5.41, 5.74) is 0.377. The van der Waals surface area contributed by atoms with Gasteiger partial charge in [0.05, 0.1) is 17.7 Å². The fraction of sp³-hybridized carbons (Fsp3) is 0.562. The van der Waals surface area contributed by atoms with Crippen molar-refractivity contribution in [2.45, 2.75) is 20.0 Å². The maximum atomic E-state index is 13.8. The number of carbonyl (C=O) groups is 1. The minimum atomic E-state index is -0.456. The molecule has 1 N–H and O–H groups in total. The molecule has 1 heterocycles. The van der Waals surface area contributed by atoms with Crippen LogP contribution in [-0.2, 0) is 9.53 Å². The highest BCUT2D eigenvalue weighted by Gasteiger charge is 2.39. The summed E-state index contributed by atoms with van der Waals surface area (Å²) in [6, 6.07) is 4.75. The molecule has 122 valence electrons. The van der Waals surface area contributed by atoms with Crippen molar-refractivity contribution in [2.75, 3.05) is 33.3 Å². The molecule has 0 radical (unpaired) electrons. The van der Waals surface area contributed by atoms with Gasteiger partial charge < -0.3 is 15.0 Å². The molecule has 2 unspecified atom stereocenters. The predicted molar refractivity (Wildman–Crippen MR) is 84.4 cm³/mol. The number of hydrogen-bond donors (Lipinski definition) is 1. The van der Waals surface area contributed by atoms with Crippen molar-refractivity contribution in [1.29, 1.82) is 0 Å². The summed E-state index contributed by atoms with van der Waals surface area (Å²) in [6.45, 7) is 6.04. The molecule has 1 aromatic rings. The zero-order valence-electron chi connectivity index (χ0n) is 13.2. The molecule has 22 heavy (non-hydrogen) atoms. The lowest BCUT2D eigenvalue weighted by Gasteiger charge is -2.38. The van der Waals surface area contributed by atoms with Crippen molar-refractivity contribution >= 4 is 17.5 Å². The van der Waals surface area contributed by atoms with Gasteiger partial charge in [0.2, 0.25) is 5.91 Å². The highest BCUT2D eigenvalue weighted by molar-refractivity contribution is 6.30. The molecule has 1 saturated heterocycles. The second-order valence-electron chi connectivity index (χ2n) is 6.13. The van der Waals surface area contributed by atoms with E-state index in [9.17, 15) is 9.18 Å². The van der Waals surface area contributed by atoms with Crippen LogP contribution in [0, 0.1) is 11.2 Å². The summed E-state index contributed by atoms with van der Waals surface area (Å²) in [4.78, 5) is 13.2. The van der Waals surface area contributed by atoms with Gasteiger partial charge in [0.1, 0.15) is 5.82 Å². The second-order valence-corrected chi connectivity index (χ2v) is 6.54. The molecule has 0 spiro atoms. The lowest BCUT2D eigenvalue weighted by Crippen LogP contribution is -2.45. The number of hydrogen-bond acceptors (Lipinski definition) is 3. The van der Waals surface area contributed by atoms with Crippen molar-refractivity contribution in [3.05, 3.63) is 34.6 Å². The quantitative estimate of drug-likeness (QED) is 0.927. The van der Waals surface area contributed by atoms with E-state index < -0.39 is 5.82 Å². The normalized spacial score (nSPS) is 25.6. The van der Waals surface area contributed by atoms with E-state index in [1.54, 1.807) is 24.1 Å². The van der Waals surface area contributed by atoms with Crippen LogP contribution >= 0.6 is 11.6 Å². The van der Waals surface area contributed by atoms with E-state index in [0.717, 1.165) is 12.1 Å². The lowest BCUT2D eigenvalue weighted by molar-refractivity contribution is -0.130. The molecule has 1 aliphatic rings. The van der Waals surface area contributed by atoms with Crippen LogP contribution in [0.5, 0.6) is 0 Å². The van der Waals surface area contributed by atoms with Crippen molar-refractivity contribution in [1.82, 2.24) is 10.2 Å². The number of nitrogens with zero attached hydrogens (tertiary/aromatic N) is 1. The molecule has 2 atom stereocenters. The molecule has 0 aliphatic carbocycles. The van der Waals surface area contributed by atoms with Crippen molar-refractivity contribution in [2.24, 2.45) is 5.41 Å². The average molecular weight is 329 g/mol. The molecule has 0 aromatic heterocycles. The molecule has 4 nitrogen and oxygen atoms in total. The maximum absolute atomic E-state index is 13.8. The fourth-order valence-corrected chi connectivity index (χ4v) is 3.00. The molecule has 6 heteroatoms. The van der Waals surface area contributed by atoms with Gasteiger partial charge in [0.15, 0.2) is 0 Å². The largest absolute Gasteiger partial charge is 0.372 e. The van der Waals surface area contributed by atoms with E-state index in [-0.39, 0.29) is 22.4 Å². The zero-order valence-corrected chi connectivity index (χ0v) is 13.9. The van der Waals surface area contributed by atoms with Gasteiger partial charge in [0.25, 0.3) is 0 Å². The van der Waals surface area contributed by atoms with Gasteiger partial charge in [0, 0.05) is 39.0 Å². The van der Waals surface area contributed by atoms with Gasteiger partial charge in [-0.15, -0.1) is 0 Å². The minimum Gasteiger partial charge on any atom is -0.372 e. The summed E-state index contributed by atoms with van der Waals surface area (Å²) in [7, 11) is 1.76. The van der Waals surface area contributed by atoms with Gasteiger partial charge in [-0.2, -0.15) is 0 Å². The Morgan fingerprint density at radius 2 is 2.32 bits per heavy atom. The summed E-state index contributed by atoms with van der Waals surface area (Å²) < 4.78 is 19.8. The smallest absolute Gasteiger partial charge is 0.219 e. The predicted octanol–water partition coefficient (Wildman–Crippen LogP) is 2.62. The molecule has 1 aliphatic heterocycles. The first kappa shape index (κ1) is 17.2. The van der Waals surface area contributed by atoms with Gasteiger partial charge in [-0.1, -0.05) is 24.6 Å². The van der Waals surface area contributed by atoms with Crippen LogP contribution in [0.2, 0.25) is 5.02 Å². The monoisotopic (exact) mass is 328 g/mol. The Bertz CT molecular complexity index is 555. The van der Waals surface area contributed by atoms with Gasteiger partial charge in [-0.3, -0.25) is 4.79 Å². The van der Waals surface area contributed by atoms with E-state index in [1.165, 1.54) is 13.0 Å². The first-order chi connectivity index (χ1) is 10.3. The second kappa shape index (κ2) is 6.94. The third-order valence-corrected chi connectivity index (χ3v) is 4.41. The van der Waals surface area contributed by atoms with Gasteiger partial charge in [-0.05, 0) is 17.7 Å². The van der Waals surface area contributed by atoms with Crippen LogP contribution in [0.3, 0.4) is 0 Å². The Hall–Kier alpha value is -1.17. The summed E-state index contributed by atoms with van der Waals surface area (Å²) in [6.07, 6.45) is -0.309. The van der Waals surface area contributed by atoms with E-state index in [0.29, 0.717) is 19.7 Å². The third-order valence-electron chi connectivity index (χ3n) is 4.11. The summed E-state index contributed by atoms with van der Waals surface area (Å²) in [5, 5.41) is 3.42. The number of carbonyl (C=O) groups excluding carboxylic acids is 1. The van der Waals surface area contributed by atoms with Crippen LogP contribution in [0.4, 0.5) is 4.39 Å². The topological polar surface area (TPSA) is 41.6 Å². The minimum absolute atomic E-state index is 0.00786. The Kier molecular flexibility index (Phi) is 5.42. The zero-order chi connectivity index (χ0) is 16.3. The molecular weight excluding hydrogens is 307 g/mol. The number of halogens is 2. The first-order valence-corrected chi connectivity index (χ1v) is 7.70. The van der Waals surface area contributed by atoms with E-state index in [1.807, 2.05) is 6.92 Å². The number of rotatable bonds is 3. The summed E-state index contributed by atoms with van der Waals surface area (Å²) in [5.74, 6) is -0.464. The maximum Gasteiger partial charge on any atom is 0.219 e. The fourth-order valence-electron chi connectivity index (χ4n) is 2.88. The van der Waals surface area contributed by atoms with Crippen LogP contribution in [-0.4, -0.2) is 44.1 Å². The molecule has 1 amide bonds. The number of benzene rings is 1. The highest BCUT2D eigenvalue weighted by atomic mass is 35.5. The molecular formula is C16H22ClFN2O2. The SMILES string of the molecule is CC(=O)N(C)CC1(C)CNCCOC1c1ccc(Cl)c(F)c1. The highest BCUT2D eigenvalue weighted by Crippen LogP contribution is 2.39. The third kappa shape index (κ3) is 3.77. The number of nitrogens with one attached hydrogen (secondary N) is 1. The Morgan fingerprint density at radius 1 is 1.59 bits per heavy atom. The van der Waals surface area contributed by atoms with Crippen LogP contribution < -0.4 is 5.32 Å². The van der Waals surface area contributed by atoms with Crippen molar-refractivity contribution in [3.63, 3.8) is 0 Å². The van der Waals surface area contributed by atoms with Crippen LogP contribution in [0.15, 0.2) is 18.2 Å². The summed E-state index contributed by atoms with van der Waals surface area (Å²) >= 11 is 5.77. The van der Waals surface area contributed by atoms with Gasteiger partial charge in [-0.25, -0.2) is 4.39 Å². The number of ether oxygens (including phenoxy) is 1. The number of amides is 1. The lowest BCUT2D eigenvalue weighted by atomic mass is 9.80. The Morgan fingerprint density at radius 3 is 2.95 bits per heavy atom. The average Bonchev–Trinajstić information content (AvgIpc) is 2.63. The Balaban J connectivity index is 2.34. The molecule has 0 saturated carbocycles. The van der Waals surface area contributed by atoms with Crippen molar-refractivity contribution < 1.29 is 13.9 Å². The first-order valence-electron chi connectivity index (χ1n) is 7.32. The van der Waals surface area contributed by atoms with E-state index in [2.05, 4.69) is 5.32 Å². The molecule has 2 rings (SSSR count). The molecule has 0 bridgehead atoms. The van der Waals surface area contributed by atoms with Gasteiger partial charge >= 0.3 is 0 Å². The van der Waals surface area contributed by atoms with Crippen LogP contribution in [0.1, 0.15) is 25.5 Å². The Labute approximate surface area is 135 Å². The molecule has 1 fully saturated rings. The van der Waals surface area contributed by atoms with Crippen LogP contribution in [0.25, 0.3) is 0 Å². The standard InChI is InChI=1S/C16H22ClFN2O2/c1-11(21)20(3)10-16(2)9-19-6-7-22-15(16)12-4-5-13(17)14(18)8-12/h4-5,8,15,19H,6-7,9-10H2,1-3H3. The van der Waals surface area contributed by atoms with E-state index >= 15 is 0 Å². The molecule has 1 aromatic carbocycles. The van der Waals surface area contributed by atoms with Crippen molar-refractivity contribution in [3.8, 4) is 0 Å². The van der Waals surface area contributed by atoms with E-state index in [4.69, 9.17) is 16.3 Å².